The summed E-state index contributed by atoms with van der Waals surface area (Å²) in [5, 5.41) is 3.04. The standard InChI is InChI=1S/C21H27N3O2/c1-3-24(18-8-5-4-6-9-18)21(25)23-17-11-12-20(16(2)14-17)26-19-10-7-13-22-15-19/h7,10-15,18H,3-6,8-9H2,1-2H3,(H,23,25). The molecule has 1 aromatic heterocycles. The van der Waals surface area contributed by atoms with E-state index in [1.165, 1.54) is 19.3 Å². The minimum Gasteiger partial charge on any atom is -0.455 e. The number of carbonyl (C=O) groups excluding carboxylic acids is 1. The third kappa shape index (κ3) is 4.54. The summed E-state index contributed by atoms with van der Waals surface area (Å²) in [5.74, 6) is 1.46. The van der Waals surface area contributed by atoms with Crippen LogP contribution in [-0.4, -0.2) is 28.5 Å². The quantitative estimate of drug-likeness (QED) is 0.786. The molecule has 0 radical (unpaired) electrons. The van der Waals surface area contributed by atoms with Crippen molar-refractivity contribution in [1.82, 2.24) is 9.88 Å². The molecule has 1 aliphatic carbocycles. The zero-order valence-corrected chi connectivity index (χ0v) is 15.6. The summed E-state index contributed by atoms with van der Waals surface area (Å²) in [7, 11) is 0. The van der Waals surface area contributed by atoms with E-state index in [0.717, 1.165) is 36.4 Å². The van der Waals surface area contributed by atoms with Crippen LogP contribution in [0.5, 0.6) is 11.5 Å². The van der Waals surface area contributed by atoms with Gasteiger partial charge in [-0.1, -0.05) is 19.3 Å². The van der Waals surface area contributed by atoms with Crippen LogP contribution in [0.4, 0.5) is 10.5 Å². The van der Waals surface area contributed by atoms with Crippen LogP contribution in [0.15, 0.2) is 42.7 Å². The SMILES string of the molecule is CCN(C(=O)Nc1ccc(Oc2cccnc2)c(C)c1)C1CCCCC1. The molecule has 1 aliphatic rings. The Kier molecular flexibility index (Phi) is 6.10. The van der Waals surface area contributed by atoms with Crippen molar-refractivity contribution in [3.8, 4) is 11.5 Å². The van der Waals surface area contributed by atoms with Gasteiger partial charge in [-0.2, -0.15) is 0 Å². The lowest BCUT2D eigenvalue weighted by molar-refractivity contribution is 0.172. The molecular weight excluding hydrogens is 326 g/mol. The number of benzene rings is 1. The third-order valence-electron chi connectivity index (χ3n) is 4.91. The van der Waals surface area contributed by atoms with E-state index in [-0.39, 0.29) is 6.03 Å². The van der Waals surface area contributed by atoms with Crippen molar-refractivity contribution >= 4 is 11.7 Å². The zero-order valence-electron chi connectivity index (χ0n) is 15.6. The van der Waals surface area contributed by atoms with Gasteiger partial charge in [0.1, 0.15) is 11.5 Å². The van der Waals surface area contributed by atoms with Gasteiger partial charge >= 0.3 is 6.03 Å². The molecule has 5 nitrogen and oxygen atoms in total. The Morgan fingerprint density at radius 2 is 2.08 bits per heavy atom. The molecule has 1 heterocycles. The molecule has 2 aromatic rings. The second-order valence-corrected chi connectivity index (χ2v) is 6.78. The second kappa shape index (κ2) is 8.70. The molecule has 0 spiro atoms. The highest BCUT2D eigenvalue weighted by molar-refractivity contribution is 5.89. The van der Waals surface area contributed by atoms with Crippen molar-refractivity contribution in [2.45, 2.75) is 52.0 Å². The van der Waals surface area contributed by atoms with Crippen LogP contribution < -0.4 is 10.1 Å². The Morgan fingerprint density at radius 1 is 1.27 bits per heavy atom. The van der Waals surface area contributed by atoms with Gasteiger partial charge in [0, 0.05) is 24.5 Å². The molecular formula is C21H27N3O2. The average Bonchev–Trinajstić information content (AvgIpc) is 2.66. The summed E-state index contributed by atoms with van der Waals surface area (Å²) in [6.07, 6.45) is 9.33. The fourth-order valence-electron chi connectivity index (χ4n) is 3.53. The fraction of sp³-hybridized carbons (Fsp3) is 0.429. The first-order valence-electron chi connectivity index (χ1n) is 9.43. The summed E-state index contributed by atoms with van der Waals surface area (Å²) < 4.78 is 5.85. The zero-order chi connectivity index (χ0) is 18.4. The van der Waals surface area contributed by atoms with Crippen LogP contribution in [-0.2, 0) is 0 Å². The maximum absolute atomic E-state index is 12.7. The Balaban J connectivity index is 1.65. The minimum atomic E-state index is -0.0141. The number of anilines is 1. The van der Waals surface area contributed by atoms with Gasteiger partial charge in [-0.25, -0.2) is 4.79 Å². The molecule has 26 heavy (non-hydrogen) atoms. The number of urea groups is 1. The van der Waals surface area contributed by atoms with Crippen LogP contribution in [0.2, 0.25) is 0 Å². The first-order valence-corrected chi connectivity index (χ1v) is 9.43. The van der Waals surface area contributed by atoms with Gasteiger partial charge in [-0.05, 0) is 62.6 Å². The molecule has 1 N–H and O–H groups in total. The predicted octanol–water partition coefficient (Wildman–Crippen LogP) is 5.37. The van der Waals surface area contributed by atoms with Crippen LogP contribution in [0, 0.1) is 6.92 Å². The van der Waals surface area contributed by atoms with Crippen molar-refractivity contribution in [1.29, 1.82) is 0 Å². The first-order chi connectivity index (χ1) is 12.7. The average molecular weight is 353 g/mol. The lowest BCUT2D eigenvalue weighted by Gasteiger charge is -2.33. The molecule has 0 saturated heterocycles. The largest absolute Gasteiger partial charge is 0.455 e. The van der Waals surface area contributed by atoms with Gasteiger partial charge in [-0.3, -0.25) is 4.98 Å². The number of nitrogens with zero attached hydrogens (tertiary/aromatic N) is 2. The number of aryl methyl sites for hydroxylation is 1. The maximum Gasteiger partial charge on any atom is 0.322 e. The third-order valence-corrected chi connectivity index (χ3v) is 4.91. The summed E-state index contributed by atoms with van der Waals surface area (Å²) in [6.45, 7) is 4.75. The van der Waals surface area contributed by atoms with Gasteiger partial charge in [0.15, 0.2) is 0 Å². The van der Waals surface area contributed by atoms with Crippen molar-refractivity contribution in [3.05, 3.63) is 48.3 Å². The molecule has 1 aromatic carbocycles. The topological polar surface area (TPSA) is 54.5 Å². The molecule has 0 bridgehead atoms. The normalized spacial score (nSPS) is 14.7. The molecule has 0 unspecified atom stereocenters. The van der Waals surface area contributed by atoms with E-state index in [0.29, 0.717) is 11.8 Å². The van der Waals surface area contributed by atoms with Gasteiger partial charge in [0.2, 0.25) is 0 Å². The van der Waals surface area contributed by atoms with Crippen LogP contribution in [0.25, 0.3) is 0 Å². The number of ether oxygens (including phenoxy) is 1. The fourth-order valence-corrected chi connectivity index (χ4v) is 3.53. The smallest absolute Gasteiger partial charge is 0.322 e. The number of carbonyl (C=O) groups is 1. The Morgan fingerprint density at radius 3 is 2.73 bits per heavy atom. The van der Waals surface area contributed by atoms with Crippen LogP contribution >= 0.6 is 0 Å². The molecule has 1 saturated carbocycles. The van der Waals surface area contributed by atoms with Crippen molar-refractivity contribution < 1.29 is 9.53 Å². The lowest BCUT2D eigenvalue weighted by Crippen LogP contribution is -2.43. The molecule has 1 fully saturated rings. The highest BCUT2D eigenvalue weighted by atomic mass is 16.5. The summed E-state index contributed by atoms with van der Waals surface area (Å²) in [5.41, 5.74) is 1.76. The number of rotatable bonds is 5. The number of hydrogen-bond donors (Lipinski definition) is 1. The number of hydrogen-bond acceptors (Lipinski definition) is 3. The monoisotopic (exact) mass is 353 g/mol. The number of nitrogens with one attached hydrogen (secondary N) is 1. The van der Waals surface area contributed by atoms with Crippen molar-refractivity contribution in [2.75, 3.05) is 11.9 Å². The molecule has 138 valence electrons. The van der Waals surface area contributed by atoms with E-state index >= 15 is 0 Å². The van der Waals surface area contributed by atoms with Gasteiger partial charge in [0.05, 0.1) is 6.20 Å². The maximum atomic E-state index is 12.7. The Bertz CT molecular complexity index is 727. The Hall–Kier alpha value is -2.56. The van der Waals surface area contributed by atoms with E-state index < -0.39 is 0 Å². The number of amides is 2. The highest BCUT2D eigenvalue weighted by Crippen LogP contribution is 2.28. The molecule has 0 atom stereocenters. The Labute approximate surface area is 155 Å². The predicted molar refractivity (Wildman–Crippen MR) is 104 cm³/mol. The lowest BCUT2D eigenvalue weighted by atomic mass is 9.94. The number of aromatic nitrogens is 1. The van der Waals surface area contributed by atoms with Crippen molar-refractivity contribution in [2.24, 2.45) is 0 Å². The summed E-state index contributed by atoms with van der Waals surface area (Å²) in [4.78, 5) is 18.7. The molecule has 3 rings (SSSR count). The van der Waals surface area contributed by atoms with Gasteiger partial charge in [-0.15, -0.1) is 0 Å². The van der Waals surface area contributed by atoms with E-state index in [2.05, 4.69) is 10.3 Å². The summed E-state index contributed by atoms with van der Waals surface area (Å²) >= 11 is 0. The van der Waals surface area contributed by atoms with E-state index in [9.17, 15) is 4.79 Å². The van der Waals surface area contributed by atoms with Gasteiger partial charge < -0.3 is 15.0 Å². The number of pyridine rings is 1. The van der Waals surface area contributed by atoms with Crippen molar-refractivity contribution in [3.63, 3.8) is 0 Å². The van der Waals surface area contributed by atoms with E-state index in [1.807, 2.05) is 49.1 Å². The second-order valence-electron chi connectivity index (χ2n) is 6.78. The van der Waals surface area contributed by atoms with E-state index in [4.69, 9.17) is 4.74 Å². The van der Waals surface area contributed by atoms with Crippen LogP contribution in [0.1, 0.15) is 44.6 Å². The molecule has 0 aliphatic heterocycles. The van der Waals surface area contributed by atoms with Crippen LogP contribution in [0.3, 0.4) is 0 Å². The van der Waals surface area contributed by atoms with Gasteiger partial charge in [0.25, 0.3) is 0 Å². The summed E-state index contributed by atoms with van der Waals surface area (Å²) in [6, 6.07) is 9.76. The molecule has 2 amide bonds. The molecule has 5 heteroatoms. The highest BCUT2D eigenvalue weighted by Gasteiger charge is 2.24. The van der Waals surface area contributed by atoms with E-state index in [1.54, 1.807) is 12.4 Å². The first kappa shape index (κ1) is 18.2. The minimum absolute atomic E-state index is 0.0141.